The van der Waals surface area contributed by atoms with Gasteiger partial charge in [-0.2, -0.15) is 29.2 Å². The minimum absolute atomic E-state index is 0.351. The summed E-state index contributed by atoms with van der Waals surface area (Å²) in [4.78, 5) is 0. The van der Waals surface area contributed by atoms with E-state index in [2.05, 4.69) is 9.82 Å². The number of nitrogens with zero attached hydrogens (tertiary/aromatic N) is 3. The SMILES string of the molecule is O=S(=O)(NCCn1ccc(-c2ccsc2)n1)N1CCCC1. The lowest BCUT2D eigenvalue weighted by Crippen LogP contribution is -2.40. The van der Waals surface area contributed by atoms with E-state index < -0.39 is 10.2 Å². The molecule has 2 aromatic heterocycles. The van der Waals surface area contributed by atoms with E-state index in [4.69, 9.17) is 0 Å². The molecular weight excluding hydrogens is 308 g/mol. The number of hydrogen-bond donors (Lipinski definition) is 1. The largest absolute Gasteiger partial charge is 0.279 e. The molecule has 0 amide bonds. The van der Waals surface area contributed by atoms with Crippen molar-refractivity contribution in [2.45, 2.75) is 19.4 Å². The monoisotopic (exact) mass is 326 g/mol. The number of hydrogen-bond acceptors (Lipinski definition) is 4. The Balaban J connectivity index is 1.54. The summed E-state index contributed by atoms with van der Waals surface area (Å²) in [7, 11) is -3.32. The van der Waals surface area contributed by atoms with Crippen molar-refractivity contribution in [2.75, 3.05) is 19.6 Å². The standard InChI is InChI=1S/C13H18N4O2S2/c18-21(19,17-6-1-2-7-17)14-5-9-16-8-3-13(15-16)12-4-10-20-11-12/h3-4,8,10-11,14H,1-2,5-7,9H2. The Morgan fingerprint density at radius 1 is 1.29 bits per heavy atom. The van der Waals surface area contributed by atoms with Gasteiger partial charge in [0, 0.05) is 36.8 Å². The van der Waals surface area contributed by atoms with E-state index in [1.54, 1.807) is 16.0 Å². The van der Waals surface area contributed by atoms with Crippen LogP contribution >= 0.6 is 11.3 Å². The Morgan fingerprint density at radius 2 is 2.10 bits per heavy atom. The molecule has 0 saturated carbocycles. The van der Waals surface area contributed by atoms with Gasteiger partial charge >= 0.3 is 0 Å². The Kier molecular flexibility index (Phi) is 4.39. The molecular formula is C13H18N4O2S2. The van der Waals surface area contributed by atoms with Crippen LogP contribution in [0.25, 0.3) is 11.3 Å². The normalized spacial score (nSPS) is 16.6. The zero-order valence-corrected chi connectivity index (χ0v) is 13.2. The fourth-order valence-electron chi connectivity index (χ4n) is 2.36. The van der Waals surface area contributed by atoms with Gasteiger partial charge in [0.05, 0.1) is 12.2 Å². The third-order valence-electron chi connectivity index (χ3n) is 3.49. The molecule has 1 aliphatic heterocycles. The molecule has 8 heteroatoms. The van der Waals surface area contributed by atoms with E-state index in [9.17, 15) is 8.42 Å². The molecule has 0 spiro atoms. The van der Waals surface area contributed by atoms with Crippen LogP contribution in [0.15, 0.2) is 29.1 Å². The molecule has 0 atom stereocenters. The molecule has 0 unspecified atom stereocenters. The van der Waals surface area contributed by atoms with Crippen LogP contribution in [0.5, 0.6) is 0 Å². The zero-order chi connectivity index (χ0) is 14.7. The Hall–Kier alpha value is -1.22. The third-order valence-corrected chi connectivity index (χ3v) is 5.79. The molecule has 0 aromatic carbocycles. The average molecular weight is 326 g/mol. The molecule has 0 aliphatic carbocycles. The summed E-state index contributed by atoms with van der Waals surface area (Å²) in [5.74, 6) is 0. The van der Waals surface area contributed by atoms with Gasteiger partial charge < -0.3 is 0 Å². The van der Waals surface area contributed by atoms with Crippen LogP contribution in [-0.4, -0.2) is 42.1 Å². The van der Waals surface area contributed by atoms with Gasteiger partial charge in [-0.05, 0) is 30.4 Å². The lowest BCUT2D eigenvalue weighted by atomic mass is 10.2. The molecule has 21 heavy (non-hydrogen) atoms. The number of rotatable bonds is 6. The van der Waals surface area contributed by atoms with E-state index in [1.807, 2.05) is 29.1 Å². The maximum atomic E-state index is 12.0. The molecule has 0 radical (unpaired) electrons. The smallest absolute Gasteiger partial charge is 0.271 e. The van der Waals surface area contributed by atoms with Crippen LogP contribution in [0.3, 0.4) is 0 Å². The maximum absolute atomic E-state index is 12.0. The minimum Gasteiger partial charge on any atom is -0.271 e. The van der Waals surface area contributed by atoms with Crippen molar-refractivity contribution in [3.05, 3.63) is 29.1 Å². The summed E-state index contributed by atoms with van der Waals surface area (Å²) < 4.78 is 29.9. The van der Waals surface area contributed by atoms with Crippen LogP contribution in [0, 0.1) is 0 Å². The summed E-state index contributed by atoms with van der Waals surface area (Å²) in [5, 5.41) is 8.50. The topological polar surface area (TPSA) is 67.2 Å². The molecule has 2 aromatic rings. The second-order valence-corrected chi connectivity index (χ2v) is 7.52. The highest BCUT2D eigenvalue weighted by Gasteiger charge is 2.24. The summed E-state index contributed by atoms with van der Waals surface area (Å²) in [6.45, 7) is 2.12. The van der Waals surface area contributed by atoms with Gasteiger partial charge in [-0.15, -0.1) is 0 Å². The van der Waals surface area contributed by atoms with Gasteiger partial charge in [0.25, 0.3) is 10.2 Å². The van der Waals surface area contributed by atoms with Crippen molar-refractivity contribution >= 4 is 21.5 Å². The van der Waals surface area contributed by atoms with Crippen LogP contribution in [-0.2, 0) is 16.8 Å². The maximum Gasteiger partial charge on any atom is 0.279 e. The van der Waals surface area contributed by atoms with Crippen LogP contribution < -0.4 is 4.72 Å². The molecule has 1 N–H and O–H groups in total. The quantitative estimate of drug-likeness (QED) is 0.875. The second-order valence-electron chi connectivity index (χ2n) is 4.98. The lowest BCUT2D eigenvalue weighted by Gasteiger charge is -2.15. The summed E-state index contributed by atoms with van der Waals surface area (Å²) in [6.07, 6.45) is 3.77. The zero-order valence-electron chi connectivity index (χ0n) is 11.6. The molecule has 1 saturated heterocycles. The Morgan fingerprint density at radius 3 is 2.81 bits per heavy atom. The predicted octanol–water partition coefficient (Wildman–Crippen LogP) is 1.54. The first-order valence-electron chi connectivity index (χ1n) is 6.96. The number of thiophene rings is 1. The Bertz CT molecular complexity index is 673. The van der Waals surface area contributed by atoms with Gasteiger partial charge in [-0.3, -0.25) is 4.68 Å². The van der Waals surface area contributed by atoms with Gasteiger partial charge in [-0.1, -0.05) is 0 Å². The van der Waals surface area contributed by atoms with Crippen LogP contribution in [0.1, 0.15) is 12.8 Å². The molecule has 3 heterocycles. The molecule has 1 aliphatic rings. The Labute approximate surface area is 128 Å². The first-order valence-corrected chi connectivity index (χ1v) is 9.34. The van der Waals surface area contributed by atoms with Crippen LogP contribution in [0.2, 0.25) is 0 Å². The predicted molar refractivity (Wildman–Crippen MR) is 83.3 cm³/mol. The number of nitrogens with one attached hydrogen (secondary N) is 1. The molecule has 1 fully saturated rings. The second kappa shape index (κ2) is 6.27. The van der Waals surface area contributed by atoms with E-state index in [-0.39, 0.29) is 0 Å². The van der Waals surface area contributed by atoms with Crippen molar-refractivity contribution in [1.29, 1.82) is 0 Å². The molecule has 3 rings (SSSR count). The first kappa shape index (κ1) is 14.7. The van der Waals surface area contributed by atoms with Crippen molar-refractivity contribution < 1.29 is 8.42 Å². The number of aromatic nitrogens is 2. The van der Waals surface area contributed by atoms with Crippen molar-refractivity contribution in [3.63, 3.8) is 0 Å². The van der Waals surface area contributed by atoms with Gasteiger partial charge in [0.2, 0.25) is 0 Å². The van der Waals surface area contributed by atoms with E-state index in [1.165, 1.54) is 4.31 Å². The van der Waals surface area contributed by atoms with Crippen LogP contribution in [0.4, 0.5) is 0 Å². The minimum atomic E-state index is -3.32. The fraction of sp³-hybridized carbons (Fsp3) is 0.462. The third kappa shape index (κ3) is 3.52. The van der Waals surface area contributed by atoms with Crippen molar-refractivity contribution in [3.8, 4) is 11.3 Å². The van der Waals surface area contributed by atoms with Gasteiger partial charge in [-0.25, -0.2) is 4.72 Å². The van der Waals surface area contributed by atoms with Gasteiger partial charge in [0.1, 0.15) is 0 Å². The summed E-state index contributed by atoms with van der Waals surface area (Å²) in [5.41, 5.74) is 2.01. The van der Waals surface area contributed by atoms with E-state index >= 15 is 0 Å². The van der Waals surface area contributed by atoms with E-state index in [0.717, 1.165) is 24.1 Å². The van der Waals surface area contributed by atoms with E-state index in [0.29, 0.717) is 26.2 Å². The van der Waals surface area contributed by atoms with Gasteiger partial charge in [0.15, 0.2) is 0 Å². The van der Waals surface area contributed by atoms with Crippen molar-refractivity contribution in [2.24, 2.45) is 0 Å². The first-order chi connectivity index (χ1) is 10.1. The molecule has 6 nitrogen and oxygen atoms in total. The highest BCUT2D eigenvalue weighted by atomic mass is 32.2. The summed E-state index contributed by atoms with van der Waals surface area (Å²) >= 11 is 1.63. The molecule has 114 valence electrons. The highest BCUT2D eigenvalue weighted by Crippen LogP contribution is 2.19. The lowest BCUT2D eigenvalue weighted by molar-refractivity contribution is 0.460. The van der Waals surface area contributed by atoms with Crippen molar-refractivity contribution in [1.82, 2.24) is 18.8 Å². The highest BCUT2D eigenvalue weighted by molar-refractivity contribution is 7.87. The fourth-order valence-corrected chi connectivity index (χ4v) is 4.28. The molecule has 0 bridgehead atoms. The summed E-state index contributed by atoms with van der Waals surface area (Å²) in [6, 6.07) is 3.96. The average Bonchev–Trinajstić information content (AvgIpc) is 3.20.